The molecule has 0 aromatic carbocycles. The van der Waals surface area contributed by atoms with E-state index in [9.17, 15) is 9.90 Å². The summed E-state index contributed by atoms with van der Waals surface area (Å²) in [4.78, 5) is 10.8. The lowest BCUT2D eigenvalue weighted by molar-refractivity contribution is -0.118. The number of ketones is 1. The van der Waals surface area contributed by atoms with Crippen molar-refractivity contribution in [2.75, 3.05) is 0 Å². The number of hydrogen-bond donors (Lipinski definition) is 1. The third-order valence-corrected chi connectivity index (χ3v) is 2.07. The van der Waals surface area contributed by atoms with Crippen LogP contribution in [-0.4, -0.2) is 17.0 Å². The molecule has 1 unspecified atom stereocenters. The van der Waals surface area contributed by atoms with Gasteiger partial charge in [0.15, 0.2) is 0 Å². The number of hydrogen-bond acceptors (Lipinski definition) is 2. The first kappa shape index (κ1) is 14.1. The first-order chi connectivity index (χ1) is 6.91. The van der Waals surface area contributed by atoms with Gasteiger partial charge in [-0.2, -0.15) is 0 Å². The van der Waals surface area contributed by atoms with Crippen LogP contribution in [0, 0.1) is 0 Å². The SMILES string of the molecule is CC(=O)CC(O)C/C(C)=C\CC=C(C)C. The Morgan fingerprint density at radius 2 is 1.73 bits per heavy atom. The third-order valence-electron chi connectivity index (χ3n) is 2.07. The van der Waals surface area contributed by atoms with Gasteiger partial charge in [-0.1, -0.05) is 23.3 Å². The van der Waals surface area contributed by atoms with Crippen molar-refractivity contribution in [3.8, 4) is 0 Å². The molecule has 2 heteroatoms. The van der Waals surface area contributed by atoms with Crippen LogP contribution in [0.5, 0.6) is 0 Å². The Hall–Kier alpha value is -0.890. The summed E-state index contributed by atoms with van der Waals surface area (Å²) >= 11 is 0. The molecule has 15 heavy (non-hydrogen) atoms. The molecule has 86 valence electrons. The molecule has 0 fully saturated rings. The third kappa shape index (κ3) is 9.42. The van der Waals surface area contributed by atoms with Crippen molar-refractivity contribution in [3.05, 3.63) is 23.3 Å². The van der Waals surface area contributed by atoms with Crippen LogP contribution in [0.4, 0.5) is 0 Å². The second-order valence-corrected chi connectivity index (χ2v) is 4.33. The smallest absolute Gasteiger partial charge is 0.132 e. The fourth-order valence-electron chi connectivity index (χ4n) is 1.35. The first-order valence-electron chi connectivity index (χ1n) is 5.38. The maximum absolute atomic E-state index is 10.8. The number of rotatable bonds is 6. The first-order valence-corrected chi connectivity index (χ1v) is 5.38. The van der Waals surface area contributed by atoms with E-state index in [1.54, 1.807) is 0 Å². The van der Waals surface area contributed by atoms with Crippen molar-refractivity contribution in [1.82, 2.24) is 0 Å². The molecular formula is C13H22O2. The van der Waals surface area contributed by atoms with Crippen LogP contribution in [0.15, 0.2) is 23.3 Å². The maximum Gasteiger partial charge on any atom is 0.132 e. The Morgan fingerprint density at radius 1 is 1.13 bits per heavy atom. The van der Waals surface area contributed by atoms with Gasteiger partial charge in [0.2, 0.25) is 0 Å². The molecule has 0 aromatic rings. The molecule has 0 aliphatic rings. The largest absolute Gasteiger partial charge is 0.392 e. The van der Waals surface area contributed by atoms with E-state index >= 15 is 0 Å². The van der Waals surface area contributed by atoms with Crippen LogP contribution in [0.25, 0.3) is 0 Å². The lowest BCUT2D eigenvalue weighted by Crippen LogP contribution is -2.11. The van der Waals surface area contributed by atoms with E-state index in [-0.39, 0.29) is 12.2 Å². The van der Waals surface area contributed by atoms with Gasteiger partial charge in [-0.05, 0) is 40.5 Å². The Labute approximate surface area is 92.7 Å². The zero-order chi connectivity index (χ0) is 11.8. The Bertz CT molecular complexity index is 258. The molecule has 0 aromatic heterocycles. The van der Waals surface area contributed by atoms with Crippen LogP contribution in [-0.2, 0) is 4.79 Å². The molecule has 1 atom stereocenters. The van der Waals surface area contributed by atoms with Crippen molar-refractivity contribution in [1.29, 1.82) is 0 Å². The number of allylic oxidation sites excluding steroid dienone is 3. The Balaban J connectivity index is 3.95. The molecule has 0 rings (SSSR count). The van der Waals surface area contributed by atoms with Crippen molar-refractivity contribution in [2.45, 2.75) is 53.1 Å². The lowest BCUT2D eigenvalue weighted by Gasteiger charge is -2.08. The summed E-state index contributed by atoms with van der Waals surface area (Å²) in [6, 6.07) is 0. The summed E-state index contributed by atoms with van der Waals surface area (Å²) in [6.07, 6.45) is 5.47. The van der Waals surface area contributed by atoms with Gasteiger partial charge in [0.25, 0.3) is 0 Å². The van der Waals surface area contributed by atoms with E-state index in [4.69, 9.17) is 0 Å². The van der Waals surface area contributed by atoms with Gasteiger partial charge in [-0.15, -0.1) is 0 Å². The van der Waals surface area contributed by atoms with E-state index in [1.807, 2.05) is 6.92 Å². The van der Waals surface area contributed by atoms with Crippen LogP contribution >= 0.6 is 0 Å². The molecule has 0 saturated carbocycles. The van der Waals surface area contributed by atoms with E-state index in [2.05, 4.69) is 26.0 Å². The summed E-state index contributed by atoms with van der Waals surface area (Å²) < 4.78 is 0. The molecule has 0 heterocycles. The van der Waals surface area contributed by atoms with Crippen molar-refractivity contribution >= 4 is 5.78 Å². The van der Waals surface area contributed by atoms with Gasteiger partial charge in [-0.3, -0.25) is 4.79 Å². The van der Waals surface area contributed by atoms with E-state index in [0.29, 0.717) is 6.42 Å². The molecule has 0 saturated heterocycles. The Morgan fingerprint density at radius 3 is 2.20 bits per heavy atom. The molecule has 1 N–H and O–H groups in total. The zero-order valence-corrected chi connectivity index (χ0v) is 10.2. The molecule has 0 aliphatic carbocycles. The van der Waals surface area contributed by atoms with Crippen LogP contribution in [0.3, 0.4) is 0 Å². The number of aliphatic hydroxyl groups excluding tert-OH is 1. The van der Waals surface area contributed by atoms with Crippen LogP contribution in [0.2, 0.25) is 0 Å². The molecular weight excluding hydrogens is 188 g/mol. The van der Waals surface area contributed by atoms with Crippen LogP contribution in [0.1, 0.15) is 47.0 Å². The molecule has 0 spiro atoms. The van der Waals surface area contributed by atoms with Gasteiger partial charge >= 0.3 is 0 Å². The van der Waals surface area contributed by atoms with Gasteiger partial charge < -0.3 is 5.11 Å². The minimum absolute atomic E-state index is 0.0413. The highest BCUT2D eigenvalue weighted by atomic mass is 16.3. The predicted octanol–water partition coefficient (Wildman–Crippen LogP) is 3.02. The van der Waals surface area contributed by atoms with Crippen LogP contribution < -0.4 is 0 Å². The number of carbonyl (C=O) groups is 1. The number of carbonyl (C=O) groups excluding carboxylic acids is 1. The molecule has 0 radical (unpaired) electrons. The average molecular weight is 210 g/mol. The highest BCUT2D eigenvalue weighted by Crippen LogP contribution is 2.09. The van der Waals surface area contributed by atoms with E-state index in [0.717, 1.165) is 12.0 Å². The fraction of sp³-hybridized carbons (Fsp3) is 0.615. The molecule has 0 bridgehead atoms. The number of aliphatic hydroxyl groups is 1. The summed E-state index contributed by atoms with van der Waals surface area (Å²) in [6.45, 7) is 7.62. The quantitative estimate of drug-likeness (QED) is 0.684. The maximum atomic E-state index is 10.8. The van der Waals surface area contributed by atoms with Gasteiger partial charge in [0.05, 0.1) is 6.10 Å². The lowest BCUT2D eigenvalue weighted by atomic mass is 10.0. The Kier molecular flexibility index (Phi) is 6.97. The number of Topliss-reactive ketones (excluding diaryl/α,β-unsaturated/α-hetero) is 1. The molecule has 0 amide bonds. The second kappa shape index (κ2) is 7.41. The van der Waals surface area contributed by atoms with Gasteiger partial charge in [0, 0.05) is 6.42 Å². The topological polar surface area (TPSA) is 37.3 Å². The second-order valence-electron chi connectivity index (χ2n) is 4.33. The normalized spacial score (nSPS) is 13.5. The summed E-state index contributed by atoms with van der Waals surface area (Å²) in [5.74, 6) is 0.0413. The predicted molar refractivity (Wildman–Crippen MR) is 63.7 cm³/mol. The standard InChI is InChI=1S/C13H22O2/c1-10(2)6-5-7-11(3)8-13(15)9-12(4)14/h6-7,13,15H,5,8-9H2,1-4H3/b11-7-. The molecule has 2 nitrogen and oxygen atoms in total. The minimum atomic E-state index is -0.523. The summed E-state index contributed by atoms with van der Waals surface area (Å²) in [5.41, 5.74) is 2.43. The van der Waals surface area contributed by atoms with Gasteiger partial charge in [-0.25, -0.2) is 0 Å². The summed E-state index contributed by atoms with van der Waals surface area (Å²) in [7, 11) is 0. The summed E-state index contributed by atoms with van der Waals surface area (Å²) in [5, 5.41) is 9.52. The van der Waals surface area contributed by atoms with Gasteiger partial charge in [0.1, 0.15) is 5.78 Å². The fourth-order valence-corrected chi connectivity index (χ4v) is 1.35. The van der Waals surface area contributed by atoms with Crippen molar-refractivity contribution in [2.24, 2.45) is 0 Å². The average Bonchev–Trinajstić information content (AvgIpc) is 2.00. The minimum Gasteiger partial charge on any atom is -0.392 e. The van der Waals surface area contributed by atoms with E-state index < -0.39 is 6.10 Å². The highest BCUT2D eigenvalue weighted by molar-refractivity contribution is 5.75. The highest BCUT2D eigenvalue weighted by Gasteiger charge is 2.07. The monoisotopic (exact) mass is 210 g/mol. The van der Waals surface area contributed by atoms with Crippen molar-refractivity contribution < 1.29 is 9.90 Å². The molecule has 0 aliphatic heterocycles. The van der Waals surface area contributed by atoms with Crippen molar-refractivity contribution in [3.63, 3.8) is 0 Å². The zero-order valence-electron chi connectivity index (χ0n) is 10.2. The van der Waals surface area contributed by atoms with E-state index in [1.165, 1.54) is 12.5 Å².